The van der Waals surface area contributed by atoms with E-state index in [1.807, 2.05) is 20.8 Å². The number of anilines is 1. The van der Waals surface area contributed by atoms with Crippen molar-refractivity contribution in [3.63, 3.8) is 0 Å². The lowest BCUT2D eigenvalue weighted by Gasteiger charge is -2.34. The summed E-state index contributed by atoms with van der Waals surface area (Å²) in [6.07, 6.45) is 2.37. The highest BCUT2D eigenvalue weighted by Crippen LogP contribution is 2.39. The molecule has 0 saturated carbocycles. The van der Waals surface area contributed by atoms with Crippen LogP contribution in [0.4, 0.5) is 5.82 Å². The van der Waals surface area contributed by atoms with Gasteiger partial charge in [-0.25, -0.2) is 19.6 Å². The van der Waals surface area contributed by atoms with Crippen LogP contribution in [-0.2, 0) is 6.54 Å². The van der Waals surface area contributed by atoms with E-state index in [-0.39, 0.29) is 0 Å². The SMILES string of the molecule is Cc1nc(N2CCCC(Cn3nc(C)nc3C)C2)c2c(-c3ccccc3)csc2n1. The Morgan fingerprint density at radius 1 is 1.03 bits per heavy atom. The van der Waals surface area contributed by atoms with Crippen LogP contribution < -0.4 is 4.90 Å². The molecule has 4 aromatic rings. The van der Waals surface area contributed by atoms with Crippen molar-refractivity contribution < 1.29 is 0 Å². The molecule has 1 aliphatic heterocycles. The lowest BCUT2D eigenvalue weighted by molar-refractivity contribution is 0.347. The minimum absolute atomic E-state index is 0.530. The second-order valence-corrected chi connectivity index (χ2v) is 8.99. The van der Waals surface area contributed by atoms with Gasteiger partial charge in [-0.15, -0.1) is 11.3 Å². The summed E-state index contributed by atoms with van der Waals surface area (Å²) in [5.41, 5.74) is 2.45. The van der Waals surface area contributed by atoms with Crippen molar-refractivity contribution in [3.8, 4) is 11.1 Å². The summed E-state index contributed by atoms with van der Waals surface area (Å²) in [6.45, 7) is 8.91. The van der Waals surface area contributed by atoms with Gasteiger partial charge in [0, 0.05) is 30.6 Å². The Morgan fingerprint density at radius 2 is 1.87 bits per heavy atom. The second kappa shape index (κ2) is 7.80. The third kappa shape index (κ3) is 3.58. The number of piperidine rings is 1. The molecule has 1 aliphatic rings. The predicted octanol–water partition coefficient (Wildman–Crippen LogP) is 4.79. The second-order valence-electron chi connectivity index (χ2n) is 8.13. The smallest absolute Gasteiger partial charge is 0.147 e. The number of nitrogens with zero attached hydrogens (tertiary/aromatic N) is 6. The van der Waals surface area contributed by atoms with E-state index in [0.717, 1.165) is 54.2 Å². The van der Waals surface area contributed by atoms with E-state index in [1.54, 1.807) is 11.3 Å². The fourth-order valence-electron chi connectivity index (χ4n) is 4.47. The molecular formula is C23H26N6S. The number of thiophene rings is 1. The van der Waals surface area contributed by atoms with Gasteiger partial charge >= 0.3 is 0 Å². The van der Waals surface area contributed by atoms with Crippen LogP contribution in [-0.4, -0.2) is 37.8 Å². The summed E-state index contributed by atoms with van der Waals surface area (Å²) in [6, 6.07) is 10.6. The maximum absolute atomic E-state index is 4.93. The number of hydrogen-bond acceptors (Lipinski definition) is 6. The maximum atomic E-state index is 4.93. The van der Waals surface area contributed by atoms with Crippen LogP contribution in [0.5, 0.6) is 0 Å². The Kier molecular flexibility index (Phi) is 4.98. The molecule has 0 amide bonds. The maximum Gasteiger partial charge on any atom is 0.147 e. The van der Waals surface area contributed by atoms with E-state index in [9.17, 15) is 0 Å². The Labute approximate surface area is 180 Å². The monoisotopic (exact) mass is 418 g/mol. The van der Waals surface area contributed by atoms with E-state index >= 15 is 0 Å². The van der Waals surface area contributed by atoms with Crippen molar-refractivity contribution in [3.05, 3.63) is 53.2 Å². The topological polar surface area (TPSA) is 59.7 Å². The summed E-state index contributed by atoms with van der Waals surface area (Å²) in [5, 5.41) is 7.98. The molecule has 7 heteroatoms. The van der Waals surface area contributed by atoms with Gasteiger partial charge in [0.25, 0.3) is 0 Å². The number of hydrogen-bond donors (Lipinski definition) is 0. The van der Waals surface area contributed by atoms with Crippen LogP contribution in [0.15, 0.2) is 35.7 Å². The number of rotatable bonds is 4. The van der Waals surface area contributed by atoms with Gasteiger partial charge in [-0.05, 0) is 45.1 Å². The van der Waals surface area contributed by atoms with Gasteiger partial charge < -0.3 is 4.90 Å². The largest absolute Gasteiger partial charge is 0.356 e. The number of aryl methyl sites for hydroxylation is 3. The Hall–Kier alpha value is -2.80. The van der Waals surface area contributed by atoms with Crippen molar-refractivity contribution >= 4 is 27.4 Å². The molecule has 0 N–H and O–H groups in total. The third-order valence-electron chi connectivity index (χ3n) is 5.82. The van der Waals surface area contributed by atoms with Crippen LogP contribution in [0, 0.1) is 26.7 Å². The van der Waals surface area contributed by atoms with E-state index < -0.39 is 0 Å². The Bertz CT molecular complexity index is 1180. The van der Waals surface area contributed by atoms with E-state index in [0.29, 0.717) is 5.92 Å². The number of benzene rings is 1. The Balaban J connectivity index is 1.50. The minimum atomic E-state index is 0.530. The number of aromatic nitrogens is 5. The lowest BCUT2D eigenvalue weighted by Crippen LogP contribution is -2.38. The first-order valence-corrected chi connectivity index (χ1v) is 11.4. The standard InChI is InChI=1S/C23H26N6S/c1-15-25-22(21-20(14-30-23(21)26-15)19-9-5-4-6-10-19)28-11-7-8-18(12-28)13-29-17(3)24-16(2)27-29/h4-6,9-10,14,18H,7-8,11-13H2,1-3H3. The molecule has 5 rings (SSSR count). The molecule has 1 saturated heterocycles. The van der Waals surface area contributed by atoms with Gasteiger partial charge in [0.05, 0.1) is 5.39 Å². The van der Waals surface area contributed by atoms with Crippen molar-refractivity contribution in [1.29, 1.82) is 0 Å². The highest BCUT2D eigenvalue weighted by molar-refractivity contribution is 7.17. The molecule has 0 aliphatic carbocycles. The first-order chi connectivity index (χ1) is 14.6. The Morgan fingerprint density at radius 3 is 2.63 bits per heavy atom. The molecule has 1 fully saturated rings. The molecule has 0 bridgehead atoms. The quantitative estimate of drug-likeness (QED) is 0.477. The van der Waals surface area contributed by atoms with Crippen molar-refractivity contribution in [2.45, 2.75) is 40.2 Å². The molecule has 1 atom stereocenters. The molecule has 1 aromatic carbocycles. The molecular weight excluding hydrogens is 392 g/mol. The van der Waals surface area contributed by atoms with Gasteiger partial charge in [0.15, 0.2) is 0 Å². The zero-order chi connectivity index (χ0) is 20.7. The molecule has 6 nitrogen and oxygen atoms in total. The molecule has 30 heavy (non-hydrogen) atoms. The van der Waals surface area contributed by atoms with E-state index in [1.165, 1.54) is 22.9 Å². The zero-order valence-electron chi connectivity index (χ0n) is 17.7. The molecule has 3 aromatic heterocycles. The van der Waals surface area contributed by atoms with Gasteiger partial charge in [-0.3, -0.25) is 0 Å². The van der Waals surface area contributed by atoms with Gasteiger partial charge in [0.1, 0.15) is 28.1 Å². The van der Waals surface area contributed by atoms with Crippen molar-refractivity contribution in [2.24, 2.45) is 5.92 Å². The van der Waals surface area contributed by atoms with Crippen LogP contribution in [0.3, 0.4) is 0 Å². The first kappa shape index (κ1) is 19.2. The van der Waals surface area contributed by atoms with Crippen molar-refractivity contribution in [2.75, 3.05) is 18.0 Å². The van der Waals surface area contributed by atoms with Crippen LogP contribution in [0.25, 0.3) is 21.3 Å². The first-order valence-electron chi connectivity index (χ1n) is 10.5. The fraction of sp³-hybridized carbons (Fsp3) is 0.391. The summed E-state index contributed by atoms with van der Waals surface area (Å²) in [7, 11) is 0. The van der Waals surface area contributed by atoms with Gasteiger partial charge in [-0.2, -0.15) is 5.10 Å². The normalized spacial score (nSPS) is 17.0. The van der Waals surface area contributed by atoms with Crippen LogP contribution >= 0.6 is 11.3 Å². The van der Waals surface area contributed by atoms with E-state index in [4.69, 9.17) is 9.97 Å². The summed E-state index contributed by atoms with van der Waals surface area (Å²) < 4.78 is 2.06. The summed E-state index contributed by atoms with van der Waals surface area (Å²) >= 11 is 1.71. The fourth-order valence-corrected chi connectivity index (χ4v) is 5.46. The molecule has 154 valence electrons. The van der Waals surface area contributed by atoms with E-state index in [2.05, 4.69) is 55.4 Å². The summed E-state index contributed by atoms with van der Waals surface area (Å²) in [5.74, 6) is 4.29. The highest BCUT2D eigenvalue weighted by Gasteiger charge is 2.26. The molecule has 1 unspecified atom stereocenters. The predicted molar refractivity (Wildman–Crippen MR) is 122 cm³/mol. The average molecular weight is 419 g/mol. The summed E-state index contributed by atoms with van der Waals surface area (Å²) in [4.78, 5) is 17.7. The lowest BCUT2D eigenvalue weighted by atomic mass is 9.97. The molecule has 4 heterocycles. The van der Waals surface area contributed by atoms with Gasteiger partial charge in [-0.1, -0.05) is 30.3 Å². The van der Waals surface area contributed by atoms with Crippen LogP contribution in [0.2, 0.25) is 0 Å². The van der Waals surface area contributed by atoms with Crippen molar-refractivity contribution in [1.82, 2.24) is 24.7 Å². The molecule has 0 radical (unpaired) electrons. The third-order valence-corrected chi connectivity index (χ3v) is 6.70. The number of fused-ring (bicyclic) bond motifs is 1. The average Bonchev–Trinajstić information content (AvgIpc) is 3.30. The van der Waals surface area contributed by atoms with Crippen LogP contribution in [0.1, 0.15) is 30.3 Å². The zero-order valence-corrected chi connectivity index (χ0v) is 18.5. The minimum Gasteiger partial charge on any atom is -0.356 e. The highest BCUT2D eigenvalue weighted by atomic mass is 32.1. The van der Waals surface area contributed by atoms with Gasteiger partial charge in [0.2, 0.25) is 0 Å². The molecule has 0 spiro atoms.